The molecule has 0 radical (unpaired) electrons. The van der Waals surface area contributed by atoms with Gasteiger partial charge in [0.2, 0.25) is 0 Å². The zero-order valence-electron chi connectivity index (χ0n) is 8.60. The van der Waals surface area contributed by atoms with Crippen LogP contribution in [0.1, 0.15) is 16.8 Å². The Hall–Kier alpha value is -0.550. The number of carbonyl (C=O) groups is 1. The van der Waals surface area contributed by atoms with Crippen LogP contribution in [-0.2, 0) is 0 Å². The summed E-state index contributed by atoms with van der Waals surface area (Å²) >= 11 is 7.85. The van der Waals surface area contributed by atoms with Crippen LogP contribution >= 0.6 is 27.5 Å². The summed E-state index contributed by atoms with van der Waals surface area (Å²) in [4.78, 5) is 11.9. The summed E-state index contributed by atoms with van der Waals surface area (Å²) in [6.45, 7) is 0. The summed E-state index contributed by atoms with van der Waals surface area (Å²) in [5.74, 6) is -1.28. The second-order valence-electron chi connectivity index (χ2n) is 3.43. The van der Waals surface area contributed by atoms with Gasteiger partial charge in [-0.15, -0.1) is 11.6 Å². The van der Waals surface area contributed by atoms with Crippen LogP contribution in [0.4, 0.5) is 13.2 Å². The number of alkyl halides is 5. The monoisotopic (exact) mass is 328 g/mol. The van der Waals surface area contributed by atoms with Crippen LogP contribution in [0, 0.1) is 0 Å². The minimum Gasteiger partial charge on any atom is -0.292 e. The van der Waals surface area contributed by atoms with Gasteiger partial charge in [0.25, 0.3) is 0 Å². The molecule has 0 spiro atoms. The van der Waals surface area contributed by atoms with E-state index in [1.807, 2.05) is 0 Å². The van der Waals surface area contributed by atoms with Crippen molar-refractivity contribution in [2.75, 3.05) is 5.88 Å². The first kappa shape index (κ1) is 14.5. The molecule has 0 saturated carbocycles. The number of hydrogen-bond acceptors (Lipinski definition) is 1. The van der Waals surface area contributed by atoms with Crippen molar-refractivity contribution >= 4 is 33.3 Å². The third-order valence-electron chi connectivity index (χ3n) is 2.28. The summed E-state index contributed by atoms with van der Waals surface area (Å²) < 4.78 is 36.1. The number of ketones is 1. The van der Waals surface area contributed by atoms with Crippen LogP contribution in [0.15, 0.2) is 30.3 Å². The number of carbonyl (C=O) groups excluding carboxylic acids is 1. The predicted molar refractivity (Wildman–Crippen MR) is 63.8 cm³/mol. The van der Waals surface area contributed by atoms with Crippen molar-refractivity contribution in [1.29, 1.82) is 0 Å². The SMILES string of the molecule is O=C(c1ccccc1)C(Br)(CCCl)C(F)(F)F. The Kier molecular flexibility index (Phi) is 4.61. The Balaban J connectivity index is 3.13. The lowest BCUT2D eigenvalue weighted by Gasteiger charge is -2.27. The maximum atomic E-state index is 12.9. The number of rotatable bonds is 4. The Bertz CT molecular complexity index is 393. The Morgan fingerprint density at radius 2 is 1.76 bits per heavy atom. The molecule has 0 bridgehead atoms. The molecule has 0 aromatic heterocycles. The molecule has 0 amide bonds. The van der Waals surface area contributed by atoms with E-state index in [1.54, 1.807) is 6.07 Å². The van der Waals surface area contributed by atoms with Gasteiger partial charge in [-0.2, -0.15) is 13.2 Å². The van der Waals surface area contributed by atoms with E-state index in [4.69, 9.17) is 11.6 Å². The van der Waals surface area contributed by atoms with Gasteiger partial charge in [-0.05, 0) is 6.42 Å². The molecule has 1 atom stereocenters. The van der Waals surface area contributed by atoms with Gasteiger partial charge in [-0.1, -0.05) is 46.3 Å². The molecular formula is C11H9BrClF3O. The fourth-order valence-electron chi connectivity index (χ4n) is 1.33. The molecule has 94 valence electrons. The minimum absolute atomic E-state index is 0.00631. The standard InChI is InChI=1S/C11H9BrClF3O/c12-10(6-7-13,11(14,15)16)9(17)8-4-2-1-3-5-8/h1-5H,6-7H2. The molecule has 0 aliphatic carbocycles. The predicted octanol–water partition coefficient (Wildman–Crippen LogP) is 4.19. The van der Waals surface area contributed by atoms with E-state index < -0.39 is 22.7 Å². The molecular weight excluding hydrogens is 320 g/mol. The van der Waals surface area contributed by atoms with Gasteiger partial charge in [0, 0.05) is 11.4 Å². The average Bonchev–Trinajstić information content (AvgIpc) is 2.28. The van der Waals surface area contributed by atoms with Crippen LogP contribution in [0.25, 0.3) is 0 Å². The van der Waals surface area contributed by atoms with E-state index in [0.29, 0.717) is 0 Å². The smallest absolute Gasteiger partial charge is 0.292 e. The van der Waals surface area contributed by atoms with Crippen LogP contribution in [0.3, 0.4) is 0 Å². The minimum atomic E-state index is -4.69. The number of hydrogen-bond donors (Lipinski definition) is 0. The van der Waals surface area contributed by atoms with Crippen LogP contribution in [0.5, 0.6) is 0 Å². The second-order valence-corrected chi connectivity index (χ2v) is 5.16. The molecule has 1 aromatic rings. The number of Topliss-reactive ketones (excluding diaryl/α,β-unsaturated/α-hetero) is 1. The highest BCUT2D eigenvalue weighted by Crippen LogP contribution is 2.43. The van der Waals surface area contributed by atoms with E-state index in [2.05, 4.69) is 15.9 Å². The number of halogens is 5. The highest BCUT2D eigenvalue weighted by atomic mass is 79.9. The van der Waals surface area contributed by atoms with Gasteiger partial charge >= 0.3 is 6.18 Å². The molecule has 1 unspecified atom stereocenters. The maximum Gasteiger partial charge on any atom is 0.411 e. The lowest BCUT2D eigenvalue weighted by molar-refractivity contribution is -0.146. The van der Waals surface area contributed by atoms with Crippen molar-refractivity contribution in [1.82, 2.24) is 0 Å². The van der Waals surface area contributed by atoms with Gasteiger partial charge in [0.1, 0.15) is 0 Å². The van der Waals surface area contributed by atoms with Crippen LogP contribution < -0.4 is 0 Å². The van der Waals surface area contributed by atoms with Crippen LogP contribution in [0.2, 0.25) is 0 Å². The Morgan fingerprint density at radius 3 is 2.18 bits per heavy atom. The fraction of sp³-hybridized carbons (Fsp3) is 0.364. The van der Waals surface area contributed by atoms with Gasteiger partial charge in [-0.25, -0.2) is 0 Å². The highest BCUT2D eigenvalue weighted by Gasteiger charge is 2.57. The molecule has 1 aromatic carbocycles. The van der Waals surface area contributed by atoms with Crippen molar-refractivity contribution in [3.05, 3.63) is 35.9 Å². The van der Waals surface area contributed by atoms with Crippen molar-refractivity contribution in [3.8, 4) is 0 Å². The quantitative estimate of drug-likeness (QED) is 0.598. The normalized spacial score (nSPS) is 15.4. The summed E-state index contributed by atoms with van der Waals surface area (Å²) in [5.41, 5.74) is 0.00631. The Morgan fingerprint density at radius 1 is 1.24 bits per heavy atom. The van der Waals surface area contributed by atoms with Crippen molar-refractivity contribution in [3.63, 3.8) is 0 Å². The summed E-state index contributed by atoms with van der Waals surface area (Å²) in [7, 11) is 0. The van der Waals surface area contributed by atoms with E-state index in [1.165, 1.54) is 24.3 Å². The summed E-state index contributed by atoms with van der Waals surface area (Å²) in [6, 6.07) is 7.34. The molecule has 0 aliphatic heterocycles. The lowest BCUT2D eigenvalue weighted by atomic mass is 9.94. The topological polar surface area (TPSA) is 17.1 Å². The van der Waals surface area contributed by atoms with Crippen LogP contribution in [-0.4, -0.2) is 22.2 Å². The first-order chi connectivity index (χ1) is 7.83. The average molecular weight is 330 g/mol. The molecule has 17 heavy (non-hydrogen) atoms. The summed E-state index contributed by atoms with van der Waals surface area (Å²) in [5, 5.41) is 0. The van der Waals surface area contributed by atoms with Gasteiger partial charge < -0.3 is 0 Å². The molecule has 0 N–H and O–H groups in total. The van der Waals surface area contributed by atoms with E-state index in [-0.39, 0.29) is 11.4 Å². The molecule has 0 aliphatic rings. The molecule has 0 heterocycles. The van der Waals surface area contributed by atoms with E-state index in [9.17, 15) is 18.0 Å². The highest BCUT2D eigenvalue weighted by molar-refractivity contribution is 9.10. The lowest BCUT2D eigenvalue weighted by Crippen LogP contribution is -2.47. The molecule has 1 nitrogen and oxygen atoms in total. The molecule has 1 rings (SSSR count). The van der Waals surface area contributed by atoms with Gasteiger partial charge in [0.15, 0.2) is 10.1 Å². The fourth-order valence-corrected chi connectivity index (χ4v) is 2.27. The first-order valence-corrected chi connectivity index (χ1v) is 6.07. The van der Waals surface area contributed by atoms with Gasteiger partial charge in [0.05, 0.1) is 0 Å². The molecule has 0 fully saturated rings. The van der Waals surface area contributed by atoms with Crippen molar-refractivity contribution in [2.45, 2.75) is 16.9 Å². The van der Waals surface area contributed by atoms with Gasteiger partial charge in [-0.3, -0.25) is 4.79 Å². The maximum absolute atomic E-state index is 12.9. The zero-order valence-corrected chi connectivity index (χ0v) is 10.9. The third kappa shape index (κ3) is 3.01. The van der Waals surface area contributed by atoms with E-state index in [0.717, 1.165) is 0 Å². The van der Waals surface area contributed by atoms with Crippen molar-refractivity contribution < 1.29 is 18.0 Å². The third-order valence-corrected chi connectivity index (χ3v) is 3.68. The second kappa shape index (κ2) is 5.40. The first-order valence-electron chi connectivity index (χ1n) is 4.74. The summed E-state index contributed by atoms with van der Waals surface area (Å²) in [6.07, 6.45) is -5.19. The Labute approximate surface area is 110 Å². The van der Waals surface area contributed by atoms with Crippen molar-refractivity contribution in [2.24, 2.45) is 0 Å². The van der Waals surface area contributed by atoms with E-state index >= 15 is 0 Å². The number of benzene rings is 1. The largest absolute Gasteiger partial charge is 0.411 e. The molecule has 0 saturated heterocycles. The zero-order chi connectivity index (χ0) is 13.1. The molecule has 6 heteroatoms.